The molecule has 1 fully saturated rings. The maximum absolute atomic E-state index is 13.4. The fourth-order valence-corrected chi connectivity index (χ4v) is 4.19. The highest BCUT2D eigenvalue weighted by atomic mass is 35.5. The minimum Gasteiger partial charge on any atom is -0.340 e. The molecule has 7 nitrogen and oxygen atoms in total. The fourth-order valence-electron chi connectivity index (χ4n) is 4.01. The highest BCUT2D eigenvalue weighted by molar-refractivity contribution is 6.31. The molecule has 1 atom stereocenters. The molecule has 3 heterocycles. The van der Waals surface area contributed by atoms with Gasteiger partial charge in [0.1, 0.15) is 17.4 Å². The summed E-state index contributed by atoms with van der Waals surface area (Å²) < 4.78 is 5.59. The summed E-state index contributed by atoms with van der Waals surface area (Å²) in [6.45, 7) is 2.53. The van der Waals surface area contributed by atoms with E-state index in [9.17, 15) is 4.79 Å². The van der Waals surface area contributed by atoms with Crippen LogP contribution in [0.2, 0.25) is 5.02 Å². The van der Waals surface area contributed by atoms with Gasteiger partial charge in [-0.25, -0.2) is 4.98 Å². The molecule has 0 spiro atoms. The third-order valence-electron chi connectivity index (χ3n) is 5.65. The van der Waals surface area contributed by atoms with E-state index in [-0.39, 0.29) is 11.9 Å². The SMILES string of the molecule is Cc1c(Cl)cccc1-c1noc([C@@H]2CCCN2C(=O)c2[nH]cnc2-c2ccccc2)n1. The van der Waals surface area contributed by atoms with Gasteiger partial charge in [0, 0.05) is 22.7 Å². The average Bonchev–Trinajstić information content (AvgIpc) is 3.55. The molecule has 2 aromatic heterocycles. The van der Waals surface area contributed by atoms with Crippen molar-refractivity contribution in [3.8, 4) is 22.6 Å². The zero-order chi connectivity index (χ0) is 21.4. The van der Waals surface area contributed by atoms with Crippen LogP contribution in [0.25, 0.3) is 22.6 Å². The number of rotatable bonds is 4. The van der Waals surface area contributed by atoms with Gasteiger partial charge >= 0.3 is 0 Å². The third-order valence-corrected chi connectivity index (χ3v) is 6.06. The molecular weight excluding hydrogens is 414 g/mol. The second kappa shape index (κ2) is 8.00. The van der Waals surface area contributed by atoms with E-state index in [0.717, 1.165) is 29.5 Å². The standard InChI is InChI=1S/C23H20ClN5O2/c1-14-16(9-5-10-17(14)24)21-27-22(31-28-21)18-11-6-12-29(18)23(30)20-19(25-13-26-20)15-7-3-2-4-8-15/h2-5,7-10,13,18H,6,11-12H2,1H3,(H,25,26)/t18-/m0/s1. The van der Waals surface area contributed by atoms with Crippen molar-refractivity contribution in [3.05, 3.63) is 77.0 Å². The molecule has 156 valence electrons. The second-order valence-electron chi connectivity index (χ2n) is 7.52. The molecule has 0 unspecified atom stereocenters. The number of hydrogen-bond donors (Lipinski definition) is 1. The van der Waals surface area contributed by atoms with Gasteiger partial charge in [-0.05, 0) is 31.4 Å². The molecule has 2 aromatic carbocycles. The second-order valence-corrected chi connectivity index (χ2v) is 7.92. The molecule has 0 radical (unpaired) electrons. The third kappa shape index (κ3) is 3.51. The number of benzene rings is 2. The van der Waals surface area contributed by atoms with E-state index in [1.807, 2.05) is 55.5 Å². The molecular formula is C23H20ClN5O2. The van der Waals surface area contributed by atoms with Crippen molar-refractivity contribution >= 4 is 17.5 Å². The van der Waals surface area contributed by atoms with Crippen LogP contribution in [-0.2, 0) is 0 Å². The number of amides is 1. The van der Waals surface area contributed by atoms with E-state index in [4.69, 9.17) is 16.1 Å². The largest absolute Gasteiger partial charge is 0.340 e. The van der Waals surface area contributed by atoms with Crippen molar-refractivity contribution in [1.82, 2.24) is 25.0 Å². The molecule has 31 heavy (non-hydrogen) atoms. The van der Waals surface area contributed by atoms with E-state index in [0.29, 0.717) is 34.7 Å². The van der Waals surface area contributed by atoms with E-state index >= 15 is 0 Å². The molecule has 1 saturated heterocycles. The van der Waals surface area contributed by atoms with Gasteiger partial charge in [0.15, 0.2) is 0 Å². The van der Waals surface area contributed by atoms with Gasteiger partial charge in [-0.2, -0.15) is 4.98 Å². The lowest BCUT2D eigenvalue weighted by Gasteiger charge is -2.21. The van der Waals surface area contributed by atoms with Gasteiger partial charge in [0.25, 0.3) is 5.91 Å². The van der Waals surface area contributed by atoms with Crippen molar-refractivity contribution in [1.29, 1.82) is 0 Å². The number of hydrogen-bond acceptors (Lipinski definition) is 5. The van der Waals surface area contributed by atoms with Crippen molar-refractivity contribution in [2.24, 2.45) is 0 Å². The van der Waals surface area contributed by atoms with E-state index in [2.05, 4.69) is 20.1 Å². The summed E-state index contributed by atoms with van der Waals surface area (Å²) in [4.78, 5) is 27.2. The van der Waals surface area contributed by atoms with Gasteiger partial charge in [-0.15, -0.1) is 0 Å². The summed E-state index contributed by atoms with van der Waals surface area (Å²) in [5.41, 5.74) is 3.69. The summed E-state index contributed by atoms with van der Waals surface area (Å²) in [5, 5.41) is 4.80. The minimum absolute atomic E-state index is 0.127. The first-order valence-corrected chi connectivity index (χ1v) is 10.5. The molecule has 0 saturated carbocycles. The molecule has 0 bridgehead atoms. The summed E-state index contributed by atoms with van der Waals surface area (Å²) in [6.07, 6.45) is 3.17. The van der Waals surface area contributed by atoms with Crippen molar-refractivity contribution in [2.75, 3.05) is 6.54 Å². The van der Waals surface area contributed by atoms with Crippen molar-refractivity contribution in [3.63, 3.8) is 0 Å². The highest BCUT2D eigenvalue weighted by Crippen LogP contribution is 2.35. The maximum Gasteiger partial charge on any atom is 0.273 e. The lowest BCUT2D eigenvalue weighted by Crippen LogP contribution is -2.31. The van der Waals surface area contributed by atoms with Crippen LogP contribution in [0.1, 0.15) is 40.8 Å². The number of carbonyl (C=O) groups is 1. The summed E-state index contributed by atoms with van der Waals surface area (Å²) in [7, 11) is 0. The zero-order valence-corrected chi connectivity index (χ0v) is 17.6. The minimum atomic E-state index is -0.278. The Balaban J connectivity index is 1.44. The zero-order valence-electron chi connectivity index (χ0n) is 16.9. The summed E-state index contributed by atoms with van der Waals surface area (Å²) in [6, 6.07) is 15.0. The predicted molar refractivity (Wildman–Crippen MR) is 117 cm³/mol. The van der Waals surface area contributed by atoms with Gasteiger partial charge in [0.2, 0.25) is 11.7 Å². The Bertz CT molecular complexity index is 1230. The lowest BCUT2D eigenvalue weighted by atomic mass is 10.1. The quantitative estimate of drug-likeness (QED) is 0.485. The number of carbonyl (C=O) groups excluding carboxylic acids is 1. The molecule has 0 aliphatic carbocycles. The topological polar surface area (TPSA) is 87.9 Å². The van der Waals surface area contributed by atoms with E-state index in [1.165, 1.54) is 0 Å². The number of nitrogens with one attached hydrogen (secondary N) is 1. The van der Waals surface area contributed by atoms with Crippen molar-refractivity contribution in [2.45, 2.75) is 25.8 Å². The van der Waals surface area contributed by atoms with Crippen LogP contribution in [0.3, 0.4) is 0 Å². The predicted octanol–water partition coefficient (Wildman–Crippen LogP) is 5.07. The van der Waals surface area contributed by atoms with Crippen LogP contribution >= 0.6 is 11.6 Å². The fraction of sp³-hybridized carbons (Fsp3) is 0.217. The number of aromatic amines is 1. The highest BCUT2D eigenvalue weighted by Gasteiger charge is 2.36. The first kappa shape index (κ1) is 19.5. The van der Waals surface area contributed by atoms with Gasteiger partial charge in [-0.1, -0.05) is 59.2 Å². The summed E-state index contributed by atoms with van der Waals surface area (Å²) in [5.74, 6) is 0.777. The number of likely N-dealkylation sites (tertiary alicyclic amines) is 1. The Kier molecular flexibility index (Phi) is 5.03. The Morgan fingerprint density at radius 1 is 1.19 bits per heavy atom. The molecule has 4 aromatic rings. The first-order valence-electron chi connectivity index (χ1n) is 10.1. The number of nitrogens with zero attached hydrogens (tertiary/aromatic N) is 4. The Hall–Kier alpha value is -3.45. The Morgan fingerprint density at radius 3 is 2.87 bits per heavy atom. The van der Waals surface area contributed by atoms with Crippen LogP contribution in [0.5, 0.6) is 0 Å². The number of imidazole rings is 1. The van der Waals surface area contributed by atoms with Gasteiger partial charge in [-0.3, -0.25) is 4.79 Å². The van der Waals surface area contributed by atoms with Crippen LogP contribution in [-0.4, -0.2) is 37.5 Å². The van der Waals surface area contributed by atoms with Crippen LogP contribution in [0.15, 0.2) is 59.4 Å². The number of aromatic nitrogens is 4. The molecule has 1 aliphatic heterocycles. The molecule has 1 aliphatic rings. The maximum atomic E-state index is 13.4. The average molecular weight is 434 g/mol. The normalized spacial score (nSPS) is 16.1. The monoisotopic (exact) mass is 433 g/mol. The number of halogens is 1. The molecule has 8 heteroatoms. The lowest BCUT2D eigenvalue weighted by molar-refractivity contribution is 0.0705. The smallest absolute Gasteiger partial charge is 0.273 e. The molecule has 1 N–H and O–H groups in total. The van der Waals surface area contributed by atoms with Crippen LogP contribution in [0.4, 0.5) is 0 Å². The van der Waals surface area contributed by atoms with Gasteiger partial charge in [0.05, 0.1) is 6.33 Å². The number of H-pyrrole nitrogens is 1. The Morgan fingerprint density at radius 2 is 2.03 bits per heavy atom. The van der Waals surface area contributed by atoms with Crippen LogP contribution < -0.4 is 0 Å². The molecule has 1 amide bonds. The summed E-state index contributed by atoms with van der Waals surface area (Å²) >= 11 is 6.24. The van der Waals surface area contributed by atoms with Crippen molar-refractivity contribution < 1.29 is 9.32 Å². The van der Waals surface area contributed by atoms with Gasteiger partial charge < -0.3 is 14.4 Å². The molecule has 5 rings (SSSR count). The van der Waals surface area contributed by atoms with E-state index in [1.54, 1.807) is 11.2 Å². The van der Waals surface area contributed by atoms with Crippen LogP contribution in [0, 0.1) is 6.92 Å². The Labute approximate surface area is 184 Å². The van der Waals surface area contributed by atoms with E-state index < -0.39 is 0 Å². The first-order chi connectivity index (χ1) is 15.1.